The van der Waals surface area contributed by atoms with E-state index < -0.39 is 27.5 Å². The summed E-state index contributed by atoms with van der Waals surface area (Å²) in [6.45, 7) is 4.13. The molecular formula is C22H33FN2O5S. The Hall–Kier alpha value is -1.55. The minimum absolute atomic E-state index is 0.0807. The van der Waals surface area contributed by atoms with Gasteiger partial charge in [0.05, 0.1) is 23.7 Å². The molecule has 7 nitrogen and oxygen atoms in total. The van der Waals surface area contributed by atoms with Crippen molar-refractivity contribution in [2.75, 3.05) is 32.8 Å². The second kappa shape index (κ2) is 10.8. The first-order valence-corrected chi connectivity index (χ1v) is 12.7. The molecule has 2 fully saturated rings. The van der Waals surface area contributed by atoms with Crippen molar-refractivity contribution in [2.24, 2.45) is 0 Å². The summed E-state index contributed by atoms with van der Waals surface area (Å²) < 4.78 is 53.0. The van der Waals surface area contributed by atoms with E-state index in [-0.39, 0.29) is 23.5 Å². The average Bonchev–Trinajstić information content (AvgIpc) is 3.21. The van der Waals surface area contributed by atoms with Crippen molar-refractivity contribution in [1.82, 2.24) is 9.62 Å². The highest BCUT2D eigenvalue weighted by molar-refractivity contribution is 7.89. The number of hydrogen-bond acceptors (Lipinski definition) is 5. The number of nitrogens with zero attached hydrogens (tertiary/aromatic N) is 1. The van der Waals surface area contributed by atoms with Gasteiger partial charge in [0.1, 0.15) is 5.82 Å². The molecule has 2 saturated heterocycles. The second-order valence-corrected chi connectivity index (χ2v) is 10.1. The van der Waals surface area contributed by atoms with Crippen LogP contribution in [0.5, 0.6) is 0 Å². The lowest BCUT2D eigenvalue weighted by atomic mass is 10.1. The molecule has 1 aromatic carbocycles. The summed E-state index contributed by atoms with van der Waals surface area (Å²) in [7, 11) is -3.84. The molecule has 0 aliphatic carbocycles. The summed E-state index contributed by atoms with van der Waals surface area (Å²) >= 11 is 0. The standard InChI is InChI=1S/C22H33FN2O5S/c1-2-3-4-5-6-7-12-24-21(26)19-17-18(8-9-20(19)23)31(27,28)25-13-10-22(11-14-25)29-15-16-30-22/h8-9,17H,2-7,10-16H2,1H3,(H,24,26). The lowest BCUT2D eigenvalue weighted by Crippen LogP contribution is -2.47. The zero-order chi connectivity index (χ0) is 22.3. The summed E-state index contributed by atoms with van der Waals surface area (Å²) in [5, 5.41) is 2.70. The number of amides is 1. The smallest absolute Gasteiger partial charge is 0.254 e. The Morgan fingerprint density at radius 2 is 1.74 bits per heavy atom. The van der Waals surface area contributed by atoms with Gasteiger partial charge in [-0.05, 0) is 24.6 Å². The second-order valence-electron chi connectivity index (χ2n) is 8.18. The summed E-state index contributed by atoms with van der Waals surface area (Å²) in [6.07, 6.45) is 7.37. The zero-order valence-electron chi connectivity index (χ0n) is 18.2. The van der Waals surface area contributed by atoms with Crippen LogP contribution in [0.1, 0.15) is 68.6 Å². The fourth-order valence-electron chi connectivity index (χ4n) is 4.04. The van der Waals surface area contributed by atoms with Gasteiger partial charge in [0.15, 0.2) is 5.79 Å². The summed E-state index contributed by atoms with van der Waals surface area (Å²) in [5.74, 6) is -2.01. The third-order valence-corrected chi connectivity index (χ3v) is 7.83. The van der Waals surface area contributed by atoms with Gasteiger partial charge in [0, 0.05) is 32.5 Å². The topological polar surface area (TPSA) is 84.9 Å². The Morgan fingerprint density at radius 1 is 1.10 bits per heavy atom. The molecule has 0 saturated carbocycles. The maximum Gasteiger partial charge on any atom is 0.254 e. The number of carbonyl (C=O) groups excluding carboxylic acids is 1. The van der Waals surface area contributed by atoms with Gasteiger partial charge in [-0.25, -0.2) is 12.8 Å². The molecule has 174 valence electrons. The fraction of sp³-hybridized carbons (Fsp3) is 0.682. The number of hydrogen-bond donors (Lipinski definition) is 1. The molecule has 1 spiro atoms. The Balaban J connectivity index is 1.58. The molecule has 1 amide bonds. The molecule has 2 aliphatic rings. The van der Waals surface area contributed by atoms with E-state index in [1.54, 1.807) is 0 Å². The number of benzene rings is 1. The Bertz CT molecular complexity index is 845. The first-order chi connectivity index (χ1) is 14.9. The molecule has 2 aliphatic heterocycles. The summed E-state index contributed by atoms with van der Waals surface area (Å²) in [4.78, 5) is 12.4. The van der Waals surface area contributed by atoms with E-state index in [4.69, 9.17) is 9.47 Å². The van der Waals surface area contributed by atoms with Crippen molar-refractivity contribution in [3.05, 3.63) is 29.6 Å². The molecule has 31 heavy (non-hydrogen) atoms. The van der Waals surface area contributed by atoms with Crippen molar-refractivity contribution < 1.29 is 27.1 Å². The van der Waals surface area contributed by atoms with Gasteiger partial charge in [0.2, 0.25) is 10.0 Å². The van der Waals surface area contributed by atoms with Gasteiger partial charge in [-0.1, -0.05) is 39.0 Å². The van der Waals surface area contributed by atoms with E-state index >= 15 is 0 Å². The molecule has 0 atom stereocenters. The van der Waals surface area contributed by atoms with E-state index in [2.05, 4.69) is 12.2 Å². The van der Waals surface area contributed by atoms with Crippen molar-refractivity contribution in [3.63, 3.8) is 0 Å². The predicted molar refractivity (Wildman–Crippen MR) is 115 cm³/mol. The zero-order valence-corrected chi connectivity index (χ0v) is 19.0. The summed E-state index contributed by atoms with van der Waals surface area (Å²) in [5.41, 5.74) is -0.247. The number of piperidine rings is 1. The Labute approximate surface area is 184 Å². The van der Waals surface area contributed by atoms with E-state index in [1.165, 1.54) is 29.6 Å². The maximum atomic E-state index is 14.3. The van der Waals surface area contributed by atoms with Gasteiger partial charge in [-0.3, -0.25) is 4.79 Å². The van der Waals surface area contributed by atoms with Crippen LogP contribution >= 0.6 is 0 Å². The lowest BCUT2D eigenvalue weighted by molar-refractivity contribution is -0.179. The predicted octanol–water partition coefficient (Wildman–Crippen LogP) is 3.44. The molecule has 1 aromatic rings. The first-order valence-electron chi connectivity index (χ1n) is 11.2. The van der Waals surface area contributed by atoms with Crippen LogP contribution in [-0.4, -0.2) is 57.3 Å². The molecule has 0 radical (unpaired) electrons. The van der Waals surface area contributed by atoms with Crippen molar-refractivity contribution in [3.8, 4) is 0 Å². The maximum absolute atomic E-state index is 14.3. The van der Waals surface area contributed by atoms with Crippen LogP contribution < -0.4 is 5.32 Å². The largest absolute Gasteiger partial charge is 0.352 e. The highest BCUT2D eigenvalue weighted by Gasteiger charge is 2.42. The van der Waals surface area contributed by atoms with E-state index in [1.807, 2.05) is 0 Å². The highest BCUT2D eigenvalue weighted by Crippen LogP contribution is 2.33. The Morgan fingerprint density at radius 3 is 2.42 bits per heavy atom. The molecule has 0 aromatic heterocycles. The van der Waals surface area contributed by atoms with E-state index in [0.29, 0.717) is 32.6 Å². The molecule has 2 heterocycles. The van der Waals surface area contributed by atoms with E-state index in [0.717, 1.165) is 31.4 Å². The van der Waals surface area contributed by atoms with Crippen molar-refractivity contribution in [1.29, 1.82) is 0 Å². The third kappa shape index (κ3) is 6.03. The van der Waals surface area contributed by atoms with Crippen molar-refractivity contribution in [2.45, 2.75) is 69.0 Å². The minimum Gasteiger partial charge on any atom is -0.352 e. The van der Waals surface area contributed by atoms with Crippen LogP contribution in [0.2, 0.25) is 0 Å². The molecule has 0 unspecified atom stereocenters. The van der Waals surface area contributed by atoms with Crippen LogP contribution in [0, 0.1) is 5.82 Å². The molecule has 9 heteroatoms. The monoisotopic (exact) mass is 456 g/mol. The van der Waals surface area contributed by atoms with Crippen LogP contribution in [0.25, 0.3) is 0 Å². The molecule has 3 rings (SSSR count). The molecule has 1 N–H and O–H groups in total. The van der Waals surface area contributed by atoms with Gasteiger partial charge >= 0.3 is 0 Å². The number of sulfonamides is 1. The van der Waals surface area contributed by atoms with Gasteiger partial charge in [-0.15, -0.1) is 0 Å². The normalized spacial score (nSPS) is 19.0. The molecule has 0 bridgehead atoms. The number of rotatable bonds is 10. The SMILES string of the molecule is CCCCCCCCNC(=O)c1cc(S(=O)(=O)N2CCC3(CC2)OCCO3)ccc1F. The average molecular weight is 457 g/mol. The summed E-state index contributed by atoms with van der Waals surface area (Å²) in [6, 6.07) is 3.39. The third-order valence-electron chi connectivity index (χ3n) is 5.93. The first kappa shape index (κ1) is 24.1. The minimum atomic E-state index is -3.84. The quantitative estimate of drug-likeness (QED) is 0.545. The van der Waals surface area contributed by atoms with Crippen LogP contribution in [0.4, 0.5) is 4.39 Å². The van der Waals surface area contributed by atoms with Crippen LogP contribution in [0.15, 0.2) is 23.1 Å². The molecular weight excluding hydrogens is 423 g/mol. The number of carbonyl (C=O) groups is 1. The van der Waals surface area contributed by atoms with Gasteiger partial charge in [0.25, 0.3) is 5.91 Å². The number of halogens is 1. The Kier molecular flexibility index (Phi) is 8.43. The van der Waals surface area contributed by atoms with Crippen LogP contribution in [0.3, 0.4) is 0 Å². The number of unbranched alkanes of at least 4 members (excludes halogenated alkanes) is 5. The highest BCUT2D eigenvalue weighted by atomic mass is 32.2. The van der Waals surface area contributed by atoms with E-state index in [9.17, 15) is 17.6 Å². The van der Waals surface area contributed by atoms with Gasteiger partial charge < -0.3 is 14.8 Å². The van der Waals surface area contributed by atoms with Crippen molar-refractivity contribution >= 4 is 15.9 Å². The fourth-order valence-corrected chi connectivity index (χ4v) is 5.51. The number of nitrogens with one attached hydrogen (secondary N) is 1. The van der Waals surface area contributed by atoms with Gasteiger partial charge in [-0.2, -0.15) is 4.31 Å². The number of ether oxygens (including phenoxy) is 2. The van der Waals surface area contributed by atoms with Crippen LogP contribution in [-0.2, 0) is 19.5 Å². The lowest BCUT2D eigenvalue weighted by Gasteiger charge is -2.36.